The van der Waals surface area contributed by atoms with Crippen LogP contribution in [-0.4, -0.2) is 0 Å². The van der Waals surface area contributed by atoms with Gasteiger partial charge in [0, 0.05) is 48.5 Å². The molecule has 0 saturated carbocycles. The SMILES string of the molecule is CC(C)(C)c1ccc2c(-c3ccc4oc5c6ccccc6ccc5c4c3)c3cc(C(C)(C)C)ccc3c(-c3ccccc3)c2c1.CC(C)(C)c1ccc2c(-c3ccccc3)c3ccccc3c(-c3ccc4oc5c6ccccc6ccc5c4c3)c2c1.Cc1ccc2c(-c3ccccc3)c3ccccc3c(-c3ccc4oc5c6ccccc6ccc5c4c3)c2c1. The highest BCUT2D eigenvalue weighted by Gasteiger charge is 2.27. The van der Waals surface area contributed by atoms with Crippen LogP contribution in [0.15, 0.2) is 389 Å². The minimum atomic E-state index is 0.0230. The Morgan fingerprint density at radius 2 is 0.395 bits per heavy atom. The van der Waals surface area contributed by atoms with Gasteiger partial charge < -0.3 is 13.3 Å². The van der Waals surface area contributed by atoms with E-state index in [4.69, 9.17) is 13.3 Å². The maximum absolute atomic E-state index is 6.53. The number of benzene rings is 21. The first kappa shape index (κ1) is 75.6. The first-order valence-electron chi connectivity index (χ1n) is 43.5. The van der Waals surface area contributed by atoms with E-state index in [-0.39, 0.29) is 16.2 Å². The maximum atomic E-state index is 6.53. The first-order chi connectivity index (χ1) is 60.3. The molecular formula is C121H92O3. The predicted molar refractivity (Wildman–Crippen MR) is 532 cm³/mol. The predicted octanol–water partition coefficient (Wildman–Crippen LogP) is 35.3. The Hall–Kier alpha value is -14.6. The van der Waals surface area contributed by atoms with Crippen LogP contribution in [0, 0.1) is 6.92 Å². The van der Waals surface area contributed by atoms with E-state index in [1.54, 1.807) is 0 Å². The number of furan rings is 3. The zero-order valence-electron chi connectivity index (χ0n) is 71.5. The van der Waals surface area contributed by atoms with Gasteiger partial charge in [-0.05, 0) is 260 Å². The van der Waals surface area contributed by atoms with Crippen LogP contribution in [0.2, 0.25) is 0 Å². The molecule has 24 rings (SSSR count). The summed E-state index contributed by atoms with van der Waals surface area (Å²) < 4.78 is 19.4. The zero-order chi connectivity index (χ0) is 84.0. The molecule has 0 spiro atoms. The molecule has 3 heteroatoms. The van der Waals surface area contributed by atoms with Crippen LogP contribution in [0.3, 0.4) is 0 Å². The third-order valence-corrected chi connectivity index (χ3v) is 26.1. The Bertz CT molecular complexity index is 8460. The monoisotopic (exact) mass is 1590 g/mol. The molecule has 124 heavy (non-hydrogen) atoms. The van der Waals surface area contributed by atoms with Crippen LogP contribution in [0.5, 0.6) is 0 Å². The second kappa shape index (κ2) is 29.3. The normalized spacial score (nSPS) is 12.3. The molecule has 0 fully saturated rings. The minimum Gasteiger partial charge on any atom is -0.455 e. The maximum Gasteiger partial charge on any atom is 0.143 e. The lowest BCUT2D eigenvalue weighted by molar-refractivity contribution is 0.590. The lowest BCUT2D eigenvalue weighted by Crippen LogP contribution is -2.11. The van der Waals surface area contributed by atoms with E-state index in [1.165, 1.54) is 170 Å². The lowest BCUT2D eigenvalue weighted by Gasteiger charge is -2.25. The topological polar surface area (TPSA) is 39.4 Å². The van der Waals surface area contributed by atoms with E-state index in [0.717, 1.165) is 82.0 Å². The summed E-state index contributed by atoms with van der Waals surface area (Å²) in [6.45, 7) is 22.9. The summed E-state index contributed by atoms with van der Waals surface area (Å²) in [6.07, 6.45) is 0. The van der Waals surface area contributed by atoms with E-state index >= 15 is 0 Å². The quantitative estimate of drug-likeness (QED) is 0.156. The molecule has 3 heterocycles. The van der Waals surface area contributed by atoms with Crippen molar-refractivity contribution in [2.24, 2.45) is 0 Å². The molecule has 0 aliphatic carbocycles. The molecule has 0 unspecified atom stereocenters. The van der Waals surface area contributed by atoms with Crippen molar-refractivity contribution in [3.8, 4) is 66.8 Å². The Balaban J connectivity index is 0.000000111. The van der Waals surface area contributed by atoms with E-state index in [2.05, 4.69) is 445 Å². The van der Waals surface area contributed by atoms with Gasteiger partial charge in [-0.3, -0.25) is 0 Å². The van der Waals surface area contributed by atoms with Gasteiger partial charge in [0.15, 0.2) is 0 Å². The average molecular weight is 1590 g/mol. The summed E-state index contributed by atoms with van der Waals surface area (Å²) in [6, 6.07) is 137. The summed E-state index contributed by atoms with van der Waals surface area (Å²) in [5.41, 5.74) is 26.1. The Morgan fingerprint density at radius 3 is 0.694 bits per heavy atom. The standard InChI is InChI=1S/C44H38O.C40H30O.C37H24O/c1-43(2,3)30-19-22-34-37(25-30)40(28-13-8-7-9-14-28)33-21-18-31(44(4,5)6)26-38(33)41(34)29-17-23-39-36(24-29)35-20-16-27-12-10-11-15-32(27)42(35)45-39;1-40(2,3)28-19-21-32-35(24-28)38(31-16-10-9-15-30(31)37(32)26-12-5-4-6-13-26)27-18-22-36-34(23-27)33-20-17-25-11-7-8-14-29(25)39(33)41-36;1-23-15-18-30-33(21-23)36(29-14-8-7-13-28(29)35(30)25-10-3-2-4-11-25)26-17-20-34-32(22-26)31-19-16-24-9-5-6-12-27(24)37(31)38-34/h7-26H,1-6H3;4-24H,1-3H3;2-22H,1H3. The average Bonchev–Trinajstić information content (AvgIpc) is 0.897. The highest BCUT2D eigenvalue weighted by atomic mass is 16.3. The number of hydrogen-bond donors (Lipinski definition) is 0. The minimum absolute atomic E-state index is 0.0230. The van der Waals surface area contributed by atoms with Crippen molar-refractivity contribution in [3.05, 3.63) is 398 Å². The molecule has 594 valence electrons. The van der Waals surface area contributed by atoms with Crippen LogP contribution in [0.4, 0.5) is 0 Å². The van der Waals surface area contributed by atoms with Crippen molar-refractivity contribution in [2.45, 2.75) is 85.5 Å². The van der Waals surface area contributed by atoms with Crippen molar-refractivity contribution in [1.29, 1.82) is 0 Å². The third-order valence-electron chi connectivity index (χ3n) is 26.1. The second-order valence-corrected chi connectivity index (χ2v) is 36.9. The fourth-order valence-corrected chi connectivity index (χ4v) is 19.8. The summed E-state index contributed by atoms with van der Waals surface area (Å²) in [4.78, 5) is 0. The van der Waals surface area contributed by atoms with Gasteiger partial charge in [-0.25, -0.2) is 0 Å². The Morgan fingerprint density at radius 1 is 0.161 bits per heavy atom. The smallest absolute Gasteiger partial charge is 0.143 e. The van der Waals surface area contributed by atoms with Crippen LogP contribution in [0.25, 0.3) is 230 Å². The molecule has 0 radical (unpaired) electrons. The van der Waals surface area contributed by atoms with E-state index in [0.29, 0.717) is 0 Å². The van der Waals surface area contributed by atoms with Gasteiger partial charge in [-0.2, -0.15) is 0 Å². The first-order valence-corrected chi connectivity index (χ1v) is 43.5. The molecular weight excluding hydrogens is 1500 g/mol. The van der Waals surface area contributed by atoms with Crippen LogP contribution >= 0.6 is 0 Å². The molecule has 24 aromatic rings. The van der Waals surface area contributed by atoms with Gasteiger partial charge >= 0.3 is 0 Å². The van der Waals surface area contributed by atoms with Gasteiger partial charge in [0.1, 0.15) is 33.5 Å². The summed E-state index contributed by atoms with van der Waals surface area (Å²) in [5, 5.41) is 29.3. The molecule has 3 nitrogen and oxygen atoms in total. The van der Waals surface area contributed by atoms with Gasteiger partial charge in [0.05, 0.1) is 0 Å². The molecule has 0 saturated heterocycles. The highest BCUT2D eigenvalue weighted by molar-refractivity contribution is 6.27. The van der Waals surface area contributed by atoms with Crippen molar-refractivity contribution in [3.63, 3.8) is 0 Å². The molecule has 0 aliphatic rings. The van der Waals surface area contributed by atoms with Crippen molar-refractivity contribution >= 4 is 163 Å². The Kier molecular flexibility index (Phi) is 17.9. The number of rotatable bonds is 6. The van der Waals surface area contributed by atoms with Gasteiger partial charge in [0.25, 0.3) is 0 Å². The van der Waals surface area contributed by atoms with E-state index in [1.807, 2.05) is 0 Å². The summed E-state index contributed by atoms with van der Waals surface area (Å²) >= 11 is 0. The third kappa shape index (κ3) is 12.8. The summed E-state index contributed by atoms with van der Waals surface area (Å²) in [7, 11) is 0. The van der Waals surface area contributed by atoms with Crippen LogP contribution in [-0.2, 0) is 16.2 Å². The second-order valence-electron chi connectivity index (χ2n) is 36.9. The molecule has 3 aromatic heterocycles. The molecule has 0 amide bonds. The molecule has 21 aromatic carbocycles. The number of hydrogen-bond acceptors (Lipinski definition) is 3. The van der Waals surface area contributed by atoms with E-state index < -0.39 is 0 Å². The molecule has 0 N–H and O–H groups in total. The molecule has 0 bridgehead atoms. The fraction of sp³-hybridized carbons (Fsp3) is 0.107. The van der Waals surface area contributed by atoms with Crippen LogP contribution in [0.1, 0.15) is 84.6 Å². The lowest BCUT2D eigenvalue weighted by atomic mass is 9.79. The molecule has 0 aliphatic heterocycles. The number of aryl methyl sites for hydroxylation is 1. The largest absolute Gasteiger partial charge is 0.455 e. The van der Waals surface area contributed by atoms with Crippen molar-refractivity contribution < 1.29 is 13.3 Å². The van der Waals surface area contributed by atoms with Gasteiger partial charge in [0.2, 0.25) is 0 Å². The number of fused-ring (bicyclic) bond motifs is 21. The van der Waals surface area contributed by atoms with Crippen molar-refractivity contribution in [2.75, 3.05) is 0 Å². The van der Waals surface area contributed by atoms with Crippen LogP contribution < -0.4 is 0 Å². The highest BCUT2D eigenvalue weighted by Crippen LogP contribution is 2.52. The van der Waals surface area contributed by atoms with E-state index in [9.17, 15) is 0 Å². The fourth-order valence-electron chi connectivity index (χ4n) is 19.8. The summed E-state index contributed by atoms with van der Waals surface area (Å²) in [5.74, 6) is 0. The van der Waals surface area contributed by atoms with Gasteiger partial charge in [-0.15, -0.1) is 0 Å². The van der Waals surface area contributed by atoms with Gasteiger partial charge in [-0.1, -0.05) is 371 Å². The molecule has 0 atom stereocenters. The Labute approximate surface area is 721 Å². The van der Waals surface area contributed by atoms with Crippen molar-refractivity contribution in [1.82, 2.24) is 0 Å². The zero-order valence-corrected chi connectivity index (χ0v) is 71.5.